The highest BCUT2D eigenvalue weighted by molar-refractivity contribution is 7.20. The molecule has 1 aromatic heterocycles. The number of amides is 1. The Morgan fingerprint density at radius 3 is 2.68 bits per heavy atom. The van der Waals surface area contributed by atoms with Gasteiger partial charge in [0.1, 0.15) is 0 Å². The Morgan fingerprint density at radius 2 is 1.96 bits per heavy atom. The van der Waals surface area contributed by atoms with Gasteiger partial charge in [0.25, 0.3) is 5.91 Å². The van der Waals surface area contributed by atoms with Crippen LogP contribution in [0, 0.1) is 6.92 Å². The van der Waals surface area contributed by atoms with Gasteiger partial charge in [-0.1, -0.05) is 41.9 Å². The van der Waals surface area contributed by atoms with E-state index in [0.717, 1.165) is 20.5 Å². The summed E-state index contributed by atoms with van der Waals surface area (Å²) in [6.45, 7) is 2.56. The highest BCUT2D eigenvalue weighted by Crippen LogP contribution is 2.28. The van der Waals surface area contributed by atoms with Gasteiger partial charge in [-0.05, 0) is 55.7 Å². The second-order valence-electron chi connectivity index (χ2n) is 6.36. The first kappa shape index (κ1) is 17.9. The Hall–Kier alpha value is -1.88. The number of nitrogens with one attached hydrogen (secondary N) is 1. The van der Waals surface area contributed by atoms with Crippen molar-refractivity contribution in [3.63, 3.8) is 0 Å². The lowest BCUT2D eigenvalue weighted by Crippen LogP contribution is -2.34. The normalized spacial score (nSPS) is 12.5. The molecule has 0 aliphatic rings. The summed E-state index contributed by atoms with van der Waals surface area (Å²) in [7, 11) is 3.98. The highest BCUT2D eigenvalue weighted by atomic mass is 35.5. The quantitative estimate of drug-likeness (QED) is 0.691. The summed E-state index contributed by atoms with van der Waals surface area (Å²) < 4.78 is 1.14. The van der Waals surface area contributed by atoms with Crippen molar-refractivity contribution in [1.29, 1.82) is 0 Å². The van der Waals surface area contributed by atoms with Gasteiger partial charge >= 0.3 is 0 Å². The van der Waals surface area contributed by atoms with E-state index in [1.165, 1.54) is 16.9 Å². The van der Waals surface area contributed by atoms with Gasteiger partial charge in [-0.3, -0.25) is 4.79 Å². The molecule has 1 amide bonds. The lowest BCUT2D eigenvalue weighted by atomic mass is 10.1. The summed E-state index contributed by atoms with van der Waals surface area (Å²) in [5, 5.41) is 4.88. The summed E-state index contributed by atoms with van der Waals surface area (Å²) in [6.07, 6.45) is 0. The molecule has 1 atom stereocenters. The SMILES string of the molecule is Cc1ccc2cc(C(=O)NCC(c3ccccc3Cl)N(C)C)sc2c1. The van der Waals surface area contributed by atoms with E-state index < -0.39 is 0 Å². The van der Waals surface area contributed by atoms with Gasteiger partial charge in [-0.25, -0.2) is 0 Å². The van der Waals surface area contributed by atoms with Gasteiger partial charge in [0.05, 0.1) is 10.9 Å². The molecule has 2 aromatic carbocycles. The number of hydrogen-bond donors (Lipinski definition) is 1. The van der Waals surface area contributed by atoms with Crippen LogP contribution in [0.2, 0.25) is 5.02 Å². The minimum Gasteiger partial charge on any atom is -0.349 e. The predicted octanol–water partition coefficient (Wildman–Crippen LogP) is 4.90. The van der Waals surface area contributed by atoms with Crippen molar-refractivity contribution in [3.05, 3.63) is 69.6 Å². The van der Waals surface area contributed by atoms with Gasteiger partial charge in [-0.2, -0.15) is 0 Å². The first-order valence-electron chi connectivity index (χ1n) is 8.15. The van der Waals surface area contributed by atoms with Crippen molar-refractivity contribution in [1.82, 2.24) is 10.2 Å². The number of rotatable bonds is 5. The second-order valence-corrected chi connectivity index (χ2v) is 7.85. The molecule has 0 saturated carbocycles. The van der Waals surface area contributed by atoms with E-state index in [0.29, 0.717) is 11.6 Å². The molecular weight excluding hydrogens is 352 g/mol. The molecule has 0 spiro atoms. The van der Waals surface area contributed by atoms with E-state index in [1.807, 2.05) is 44.4 Å². The molecular formula is C20H21ClN2OS. The molecule has 0 fully saturated rings. The van der Waals surface area contributed by atoms with Gasteiger partial charge in [0.15, 0.2) is 0 Å². The number of likely N-dealkylation sites (N-methyl/N-ethyl adjacent to an activating group) is 1. The van der Waals surface area contributed by atoms with Crippen LogP contribution in [0.4, 0.5) is 0 Å². The number of halogens is 1. The van der Waals surface area contributed by atoms with Crippen molar-refractivity contribution in [2.45, 2.75) is 13.0 Å². The van der Waals surface area contributed by atoms with E-state index in [9.17, 15) is 4.79 Å². The Morgan fingerprint density at radius 1 is 1.20 bits per heavy atom. The van der Waals surface area contributed by atoms with Gasteiger partial charge < -0.3 is 10.2 Å². The number of nitrogens with zero attached hydrogens (tertiary/aromatic N) is 1. The molecule has 5 heteroatoms. The predicted molar refractivity (Wildman–Crippen MR) is 107 cm³/mol. The van der Waals surface area contributed by atoms with Crippen molar-refractivity contribution in [2.24, 2.45) is 0 Å². The zero-order chi connectivity index (χ0) is 18.0. The van der Waals surface area contributed by atoms with Crippen LogP contribution in [-0.2, 0) is 0 Å². The minimum absolute atomic E-state index is 0.0225. The summed E-state index contributed by atoms with van der Waals surface area (Å²) in [5.74, 6) is -0.0437. The topological polar surface area (TPSA) is 32.3 Å². The third-order valence-electron chi connectivity index (χ3n) is 4.24. The maximum Gasteiger partial charge on any atom is 0.261 e. The maximum atomic E-state index is 12.6. The summed E-state index contributed by atoms with van der Waals surface area (Å²) in [4.78, 5) is 15.4. The van der Waals surface area contributed by atoms with Crippen LogP contribution < -0.4 is 5.32 Å². The number of thiophene rings is 1. The zero-order valence-electron chi connectivity index (χ0n) is 14.5. The van der Waals surface area contributed by atoms with Crippen LogP contribution in [0.25, 0.3) is 10.1 Å². The van der Waals surface area contributed by atoms with Crippen LogP contribution in [0.3, 0.4) is 0 Å². The Balaban J connectivity index is 1.76. The standard InChI is InChI=1S/C20H21ClN2OS/c1-13-8-9-14-11-19(25-18(14)10-13)20(24)22-12-17(23(2)3)15-6-4-5-7-16(15)21/h4-11,17H,12H2,1-3H3,(H,22,24). The highest BCUT2D eigenvalue weighted by Gasteiger charge is 2.19. The minimum atomic E-state index is -0.0437. The molecule has 0 aliphatic carbocycles. The van der Waals surface area contributed by atoms with Crippen LogP contribution in [0.1, 0.15) is 26.8 Å². The molecule has 3 nitrogen and oxygen atoms in total. The average Bonchev–Trinajstić information content (AvgIpc) is 2.99. The molecule has 130 valence electrons. The van der Waals surface area contributed by atoms with Crippen LogP contribution in [0.15, 0.2) is 48.5 Å². The molecule has 0 saturated heterocycles. The molecule has 25 heavy (non-hydrogen) atoms. The first-order chi connectivity index (χ1) is 12.0. The third kappa shape index (κ3) is 4.03. The lowest BCUT2D eigenvalue weighted by molar-refractivity contribution is 0.0946. The van der Waals surface area contributed by atoms with Gasteiger partial charge in [0, 0.05) is 16.3 Å². The van der Waals surface area contributed by atoms with Crippen molar-refractivity contribution >= 4 is 38.9 Å². The molecule has 1 heterocycles. The fraction of sp³-hybridized carbons (Fsp3) is 0.250. The Kier molecular flexibility index (Phi) is 5.42. The number of hydrogen-bond acceptors (Lipinski definition) is 3. The largest absolute Gasteiger partial charge is 0.349 e. The molecule has 0 radical (unpaired) electrons. The van der Waals surface area contributed by atoms with Crippen molar-refractivity contribution in [2.75, 3.05) is 20.6 Å². The fourth-order valence-electron chi connectivity index (χ4n) is 2.84. The van der Waals surface area contributed by atoms with E-state index in [2.05, 4.69) is 35.3 Å². The van der Waals surface area contributed by atoms with E-state index in [-0.39, 0.29) is 11.9 Å². The molecule has 0 bridgehead atoms. The molecule has 3 rings (SSSR count). The van der Waals surface area contributed by atoms with Crippen LogP contribution in [-0.4, -0.2) is 31.4 Å². The average molecular weight is 373 g/mol. The summed E-state index contributed by atoms with van der Waals surface area (Å²) in [6, 6.07) is 16.0. The van der Waals surface area contributed by atoms with E-state index >= 15 is 0 Å². The monoisotopic (exact) mass is 372 g/mol. The van der Waals surface area contributed by atoms with Crippen LogP contribution in [0.5, 0.6) is 0 Å². The number of carbonyl (C=O) groups excluding carboxylic acids is 1. The third-order valence-corrected chi connectivity index (χ3v) is 5.68. The summed E-state index contributed by atoms with van der Waals surface area (Å²) >= 11 is 7.85. The Bertz CT molecular complexity index is 904. The van der Waals surface area contributed by atoms with Gasteiger partial charge in [-0.15, -0.1) is 11.3 Å². The maximum absolute atomic E-state index is 12.6. The van der Waals surface area contributed by atoms with E-state index in [1.54, 1.807) is 0 Å². The number of benzene rings is 2. The van der Waals surface area contributed by atoms with Crippen molar-refractivity contribution in [3.8, 4) is 0 Å². The van der Waals surface area contributed by atoms with Crippen LogP contribution >= 0.6 is 22.9 Å². The lowest BCUT2D eigenvalue weighted by Gasteiger charge is -2.25. The fourth-order valence-corrected chi connectivity index (χ4v) is 4.18. The van der Waals surface area contributed by atoms with Gasteiger partial charge in [0.2, 0.25) is 0 Å². The molecule has 3 aromatic rings. The molecule has 0 aliphatic heterocycles. The van der Waals surface area contributed by atoms with Crippen molar-refractivity contribution < 1.29 is 4.79 Å². The number of fused-ring (bicyclic) bond motifs is 1. The smallest absolute Gasteiger partial charge is 0.261 e. The zero-order valence-corrected chi connectivity index (χ0v) is 16.1. The Labute approximate surface area is 157 Å². The summed E-state index contributed by atoms with van der Waals surface area (Å²) in [5.41, 5.74) is 2.22. The molecule has 1 N–H and O–H groups in total. The number of carbonyl (C=O) groups is 1. The number of aryl methyl sites for hydroxylation is 1. The second kappa shape index (κ2) is 7.56. The molecule has 1 unspecified atom stereocenters. The first-order valence-corrected chi connectivity index (χ1v) is 9.34. The van der Waals surface area contributed by atoms with E-state index in [4.69, 9.17) is 11.6 Å².